The van der Waals surface area contributed by atoms with Crippen LogP contribution >= 0.6 is 23.2 Å². The van der Waals surface area contributed by atoms with Crippen molar-refractivity contribution in [2.24, 2.45) is 5.73 Å². The number of rotatable bonds is 7. The summed E-state index contributed by atoms with van der Waals surface area (Å²) in [6.45, 7) is 0. The minimum Gasteiger partial charge on any atom is -0.345 e. The predicted molar refractivity (Wildman–Crippen MR) is 167 cm³/mol. The molecule has 0 radical (unpaired) electrons. The Morgan fingerprint density at radius 3 is 2.43 bits per heavy atom. The lowest BCUT2D eigenvalue weighted by Crippen LogP contribution is -2.60. The van der Waals surface area contributed by atoms with E-state index in [1.165, 1.54) is 0 Å². The minimum absolute atomic E-state index is 0.287. The molecule has 1 fully saturated rings. The van der Waals surface area contributed by atoms with Crippen LogP contribution in [-0.2, 0) is 14.8 Å². The van der Waals surface area contributed by atoms with E-state index >= 15 is 0 Å². The lowest BCUT2D eigenvalue weighted by Gasteiger charge is -2.51. The van der Waals surface area contributed by atoms with Crippen LogP contribution in [0, 0.1) is 0 Å². The highest BCUT2D eigenvalue weighted by molar-refractivity contribution is 7.88. The zero-order valence-corrected chi connectivity index (χ0v) is 26.2. The molecule has 0 spiro atoms. The quantitative estimate of drug-likeness (QED) is 0.188. The van der Waals surface area contributed by atoms with E-state index in [0.29, 0.717) is 45.1 Å². The fourth-order valence-electron chi connectivity index (χ4n) is 7.05. The van der Waals surface area contributed by atoms with Gasteiger partial charge in [0.25, 0.3) is 5.91 Å². The number of halogens is 2. The number of nitrogens with one attached hydrogen (secondary N) is 3. The SMILES string of the molecule is CS(=O)(=O)N[C@H]1CCCC[C@@H]1N1C(=O)c2cccc3c2[C@@H](C(=O)NC3c2ccc(C(N)NO)cc2)[C@@H]1c1ccc(Cl)cc1Cl. The molecule has 2 heterocycles. The molecule has 0 aromatic heterocycles. The van der Waals surface area contributed by atoms with E-state index in [9.17, 15) is 23.2 Å². The second kappa shape index (κ2) is 12.1. The zero-order valence-electron chi connectivity index (χ0n) is 23.8. The number of hydroxylamine groups is 1. The maximum absolute atomic E-state index is 14.6. The molecule has 2 aliphatic heterocycles. The summed E-state index contributed by atoms with van der Waals surface area (Å²) in [5.74, 6) is -1.39. The van der Waals surface area contributed by atoms with Gasteiger partial charge >= 0.3 is 0 Å². The lowest BCUT2D eigenvalue weighted by atomic mass is 9.71. The highest BCUT2D eigenvalue weighted by Crippen LogP contribution is 2.51. The molecule has 6 rings (SSSR count). The third-order valence-electron chi connectivity index (χ3n) is 8.91. The van der Waals surface area contributed by atoms with Gasteiger partial charge in [-0.05, 0) is 58.9 Å². The summed E-state index contributed by atoms with van der Waals surface area (Å²) in [4.78, 5) is 30.6. The summed E-state index contributed by atoms with van der Waals surface area (Å²) in [7, 11) is -3.58. The maximum Gasteiger partial charge on any atom is 0.255 e. The summed E-state index contributed by atoms with van der Waals surface area (Å²) < 4.78 is 27.5. The van der Waals surface area contributed by atoms with Crippen molar-refractivity contribution in [2.45, 2.75) is 61.9 Å². The van der Waals surface area contributed by atoms with Crippen LogP contribution in [-0.4, -0.2) is 48.7 Å². The molecule has 1 saturated carbocycles. The van der Waals surface area contributed by atoms with Crippen molar-refractivity contribution in [2.75, 3.05) is 6.26 Å². The Morgan fingerprint density at radius 1 is 1.02 bits per heavy atom. The first-order chi connectivity index (χ1) is 21.0. The summed E-state index contributed by atoms with van der Waals surface area (Å²) in [5, 5.41) is 13.1. The Bertz CT molecular complexity index is 1720. The van der Waals surface area contributed by atoms with Gasteiger partial charge in [0.2, 0.25) is 15.9 Å². The van der Waals surface area contributed by atoms with Crippen molar-refractivity contribution >= 4 is 45.0 Å². The van der Waals surface area contributed by atoms with Gasteiger partial charge in [-0.25, -0.2) is 13.1 Å². The van der Waals surface area contributed by atoms with Crippen LogP contribution < -0.4 is 21.3 Å². The Balaban J connectivity index is 1.52. The third-order valence-corrected chi connectivity index (χ3v) is 10.2. The van der Waals surface area contributed by atoms with E-state index in [4.69, 9.17) is 28.9 Å². The van der Waals surface area contributed by atoms with Crippen LogP contribution in [0.5, 0.6) is 0 Å². The predicted octanol–water partition coefficient (Wildman–Crippen LogP) is 4.29. The summed E-state index contributed by atoms with van der Waals surface area (Å²) >= 11 is 13.1. The van der Waals surface area contributed by atoms with Crippen molar-refractivity contribution < 1.29 is 23.2 Å². The summed E-state index contributed by atoms with van der Waals surface area (Å²) in [5.41, 5.74) is 11.7. The van der Waals surface area contributed by atoms with Crippen molar-refractivity contribution in [3.8, 4) is 0 Å². The minimum atomic E-state index is -3.58. The molecule has 232 valence electrons. The Morgan fingerprint density at radius 2 is 1.75 bits per heavy atom. The lowest BCUT2D eigenvalue weighted by molar-refractivity contribution is -0.125. The number of carbonyl (C=O) groups is 2. The molecule has 3 aliphatic rings. The Hall–Kier alpha value is -3.03. The molecular formula is C31H33Cl2N5O5S. The second-order valence-corrected chi connectivity index (χ2v) is 14.3. The van der Waals surface area contributed by atoms with E-state index in [1.807, 2.05) is 23.7 Å². The van der Waals surface area contributed by atoms with Crippen molar-refractivity contribution in [1.29, 1.82) is 0 Å². The molecular weight excluding hydrogens is 625 g/mol. The van der Waals surface area contributed by atoms with Gasteiger partial charge in [-0.1, -0.05) is 78.5 Å². The van der Waals surface area contributed by atoms with Crippen molar-refractivity contribution in [1.82, 2.24) is 20.4 Å². The number of sulfonamides is 1. The van der Waals surface area contributed by atoms with E-state index in [2.05, 4.69) is 10.0 Å². The number of nitrogens with zero attached hydrogens (tertiary/aromatic N) is 1. The number of nitrogens with two attached hydrogens (primary N) is 1. The van der Waals surface area contributed by atoms with Gasteiger partial charge < -0.3 is 21.2 Å². The number of hydrogen-bond donors (Lipinski definition) is 5. The first-order valence-electron chi connectivity index (χ1n) is 14.4. The number of carbonyl (C=O) groups excluding carboxylic acids is 2. The molecule has 3 aromatic rings. The Kier molecular flexibility index (Phi) is 8.48. The van der Waals surface area contributed by atoms with Crippen LogP contribution in [0.4, 0.5) is 0 Å². The van der Waals surface area contributed by atoms with E-state index in [-0.39, 0.29) is 11.8 Å². The first kappa shape index (κ1) is 31.0. The fourth-order valence-corrected chi connectivity index (χ4v) is 8.40. The van der Waals surface area contributed by atoms with E-state index in [1.54, 1.807) is 47.4 Å². The van der Waals surface area contributed by atoms with Crippen LogP contribution in [0.2, 0.25) is 10.0 Å². The monoisotopic (exact) mass is 657 g/mol. The van der Waals surface area contributed by atoms with Crippen molar-refractivity contribution in [3.05, 3.63) is 104 Å². The van der Waals surface area contributed by atoms with Gasteiger partial charge in [0.1, 0.15) is 6.17 Å². The molecule has 3 aromatic carbocycles. The molecule has 2 amide bonds. The molecule has 6 atom stereocenters. The summed E-state index contributed by atoms with van der Waals surface area (Å²) in [6, 6.07) is 15.2. The second-order valence-electron chi connectivity index (χ2n) is 11.7. The van der Waals surface area contributed by atoms with Gasteiger partial charge in [-0.15, -0.1) is 0 Å². The van der Waals surface area contributed by atoms with Crippen LogP contribution in [0.25, 0.3) is 0 Å². The largest absolute Gasteiger partial charge is 0.345 e. The zero-order chi connectivity index (χ0) is 31.3. The molecule has 44 heavy (non-hydrogen) atoms. The Labute approximate surface area is 265 Å². The fraction of sp³-hybridized carbons (Fsp3) is 0.355. The van der Waals surface area contributed by atoms with Gasteiger partial charge in [-0.3, -0.25) is 9.59 Å². The number of hydrogen-bond acceptors (Lipinski definition) is 7. The molecule has 0 saturated heterocycles. The molecule has 2 unspecified atom stereocenters. The maximum atomic E-state index is 14.6. The topological polar surface area (TPSA) is 154 Å². The van der Waals surface area contributed by atoms with Crippen LogP contribution in [0.3, 0.4) is 0 Å². The molecule has 1 aliphatic carbocycles. The van der Waals surface area contributed by atoms with E-state index in [0.717, 1.165) is 30.2 Å². The van der Waals surface area contributed by atoms with Crippen LogP contribution in [0.15, 0.2) is 60.7 Å². The molecule has 13 heteroatoms. The number of amides is 2. The third kappa shape index (κ3) is 5.62. The highest BCUT2D eigenvalue weighted by Gasteiger charge is 2.52. The average Bonchev–Trinajstić information content (AvgIpc) is 2.99. The first-order valence-corrected chi connectivity index (χ1v) is 17.1. The molecule has 6 N–H and O–H groups in total. The molecule has 0 bridgehead atoms. The van der Waals surface area contributed by atoms with Crippen LogP contribution in [0.1, 0.15) is 88.0 Å². The number of benzene rings is 3. The van der Waals surface area contributed by atoms with Gasteiger partial charge in [-0.2, -0.15) is 5.48 Å². The van der Waals surface area contributed by atoms with Gasteiger partial charge in [0, 0.05) is 27.7 Å². The van der Waals surface area contributed by atoms with Crippen molar-refractivity contribution in [3.63, 3.8) is 0 Å². The van der Waals surface area contributed by atoms with E-state index < -0.39 is 46.3 Å². The highest BCUT2D eigenvalue weighted by atomic mass is 35.5. The van der Waals surface area contributed by atoms with Gasteiger partial charge in [0.05, 0.1) is 24.3 Å². The smallest absolute Gasteiger partial charge is 0.255 e. The average molecular weight is 659 g/mol. The standard InChI is InChI=1S/C31H33Cl2N5O5S/c1-44(42,43)37-23-7-2-3-8-24(23)38-28(19-14-13-18(32)15-22(19)33)26-25-20(5-4-6-21(25)31(38)40)27(35-30(26)39)16-9-11-17(12-10-16)29(34)36-41/h4-6,9-15,23-24,26-29,36-37,41H,2-3,7-8,34H2,1H3,(H,35,39)/t23-,24-,26+,27?,28-,29?/m0/s1. The normalized spacial score (nSPS) is 25.8. The van der Waals surface area contributed by atoms with Gasteiger partial charge in [0.15, 0.2) is 0 Å². The summed E-state index contributed by atoms with van der Waals surface area (Å²) in [6.07, 6.45) is 3.07. The molecule has 10 nitrogen and oxygen atoms in total.